The average Bonchev–Trinajstić information content (AvgIpc) is 2.98. The average molecular weight is 353 g/mol. The van der Waals surface area contributed by atoms with Gasteiger partial charge in [0.1, 0.15) is 0 Å². The topological polar surface area (TPSA) is 71.5 Å². The van der Waals surface area contributed by atoms with Gasteiger partial charge in [0, 0.05) is 44.4 Å². The van der Waals surface area contributed by atoms with E-state index in [1.54, 1.807) is 30.9 Å². The molecule has 136 valence electrons. The number of rotatable bonds is 5. The van der Waals surface area contributed by atoms with E-state index in [1.165, 1.54) is 0 Å². The second-order valence-electron chi connectivity index (χ2n) is 7.28. The number of carbonyl (C=O) groups is 1. The maximum atomic E-state index is 12.4. The summed E-state index contributed by atoms with van der Waals surface area (Å²) >= 11 is 0. The lowest BCUT2D eigenvalue weighted by Crippen LogP contribution is -2.68. The van der Waals surface area contributed by atoms with Crippen LogP contribution in [0.1, 0.15) is 22.6 Å². The number of ether oxygens (including phenoxy) is 1. The maximum Gasteiger partial charge on any atom is 0.291 e. The highest BCUT2D eigenvalue weighted by atomic mass is 16.5. The fraction of sp³-hybridized carbons (Fsp3) is 0.474. The molecule has 2 aliphatic rings. The van der Waals surface area contributed by atoms with E-state index in [0.29, 0.717) is 12.5 Å². The van der Waals surface area contributed by atoms with Gasteiger partial charge in [0.15, 0.2) is 0 Å². The highest BCUT2D eigenvalue weighted by molar-refractivity contribution is 5.91. The molecule has 1 atom stereocenters. The molecule has 2 aromatic rings. The molecule has 0 aromatic carbocycles. The standard InChI is InChI=1S/C19H23N5O2/c1-23-10-16(12-26-11-15-3-7-20-8-4-15)9-19(23)13-24(14-19)18(25)17-21-5-2-6-22-17/h2-8,16H,9-14H2,1H3. The number of carbonyl (C=O) groups excluding carboxylic acids is 1. The van der Waals surface area contributed by atoms with E-state index in [-0.39, 0.29) is 17.3 Å². The number of aromatic nitrogens is 3. The molecule has 0 N–H and O–H groups in total. The zero-order valence-corrected chi connectivity index (χ0v) is 14.9. The predicted molar refractivity (Wildman–Crippen MR) is 95.3 cm³/mol. The highest BCUT2D eigenvalue weighted by Gasteiger charge is 2.53. The number of likely N-dealkylation sites (tertiary alicyclic amines) is 2. The van der Waals surface area contributed by atoms with Gasteiger partial charge in [-0.1, -0.05) is 0 Å². The third-order valence-electron chi connectivity index (χ3n) is 5.40. The summed E-state index contributed by atoms with van der Waals surface area (Å²) in [5.74, 6) is 0.689. The van der Waals surface area contributed by atoms with Crippen LogP contribution < -0.4 is 0 Å². The van der Waals surface area contributed by atoms with Crippen LogP contribution in [-0.2, 0) is 11.3 Å². The van der Waals surface area contributed by atoms with Crippen LogP contribution in [0, 0.1) is 5.92 Å². The number of hydrogen-bond acceptors (Lipinski definition) is 6. The summed E-state index contributed by atoms with van der Waals surface area (Å²) in [6.45, 7) is 3.83. The quantitative estimate of drug-likeness (QED) is 0.805. The summed E-state index contributed by atoms with van der Waals surface area (Å²) in [5, 5.41) is 0. The molecule has 4 rings (SSSR count). The van der Waals surface area contributed by atoms with Crippen LogP contribution in [-0.4, -0.2) is 69.5 Å². The van der Waals surface area contributed by atoms with Crippen molar-refractivity contribution in [3.63, 3.8) is 0 Å². The molecule has 2 saturated heterocycles. The second kappa shape index (κ2) is 7.09. The lowest BCUT2D eigenvalue weighted by Gasteiger charge is -2.51. The Labute approximate surface area is 153 Å². The van der Waals surface area contributed by atoms with Crippen LogP contribution in [0.25, 0.3) is 0 Å². The first-order chi connectivity index (χ1) is 12.7. The Balaban J connectivity index is 1.27. The number of likely N-dealkylation sites (N-methyl/N-ethyl adjacent to an activating group) is 1. The van der Waals surface area contributed by atoms with Gasteiger partial charge in [-0.3, -0.25) is 14.7 Å². The van der Waals surface area contributed by atoms with E-state index in [1.807, 2.05) is 17.0 Å². The molecular weight excluding hydrogens is 330 g/mol. The van der Waals surface area contributed by atoms with E-state index in [0.717, 1.165) is 38.2 Å². The smallest absolute Gasteiger partial charge is 0.291 e. The van der Waals surface area contributed by atoms with Crippen LogP contribution >= 0.6 is 0 Å². The van der Waals surface area contributed by atoms with Gasteiger partial charge < -0.3 is 9.64 Å². The Bertz CT molecular complexity index is 749. The highest BCUT2D eigenvalue weighted by Crippen LogP contribution is 2.39. The molecule has 26 heavy (non-hydrogen) atoms. The fourth-order valence-corrected chi connectivity index (χ4v) is 4.00. The lowest BCUT2D eigenvalue weighted by molar-refractivity contribution is -0.00880. The largest absolute Gasteiger partial charge is 0.376 e. The first-order valence-electron chi connectivity index (χ1n) is 8.90. The fourth-order valence-electron chi connectivity index (χ4n) is 4.00. The Morgan fingerprint density at radius 3 is 2.69 bits per heavy atom. The van der Waals surface area contributed by atoms with Crippen LogP contribution in [0.15, 0.2) is 43.0 Å². The molecule has 0 aliphatic carbocycles. The minimum atomic E-state index is -0.0815. The monoisotopic (exact) mass is 353 g/mol. The van der Waals surface area contributed by atoms with Gasteiger partial charge in [-0.15, -0.1) is 0 Å². The molecule has 2 aromatic heterocycles. The van der Waals surface area contributed by atoms with Crippen LogP contribution in [0.2, 0.25) is 0 Å². The summed E-state index contributed by atoms with van der Waals surface area (Å²) in [7, 11) is 2.14. The third kappa shape index (κ3) is 3.32. The van der Waals surface area contributed by atoms with Crippen molar-refractivity contribution in [2.75, 3.05) is 33.3 Å². The Hall–Kier alpha value is -2.38. The van der Waals surface area contributed by atoms with Crippen molar-refractivity contribution in [3.8, 4) is 0 Å². The van der Waals surface area contributed by atoms with Crippen molar-refractivity contribution < 1.29 is 9.53 Å². The Morgan fingerprint density at radius 1 is 1.23 bits per heavy atom. The molecule has 1 spiro atoms. The van der Waals surface area contributed by atoms with E-state index in [2.05, 4.69) is 26.9 Å². The molecule has 2 aliphatic heterocycles. The van der Waals surface area contributed by atoms with Crippen molar-refractivity contribution in [1.82, 2.24) is 24.8 Å². The molecule has 1 amide bonds. The van der Waals surface area contributed by atoms with E-state index in [9.17, 15) is 4.79 Å². The first-order valence-corrected chi connectivity index (χ1v) is 8.90. The Kier molecular flexibility index (Phi) is 4.65. The predicted octanol–water partition coefficient (Wildman–Crippen LogP) is 1.23. The summed E-state index contributed by atoms with van der Waals surface area (Å²) in [6.07, 6.45) is 7.83. The summed E-state index contributed by atoms with van der Waals surface area (Å²) in [6, 6.07) is 5.67. The maximum absolute atomic E-state index is 12.4. The van der Waals surface area contributed by atoms with Gasteiger partial charge in [-0.25, -0.2) is 9.97 Å². The number of hydrogen-bond donors (Lipinski definition) is 0. The molecule has 7 heteroatoms. The summed E-state index contributed by atoms with van der Waals surface area (Å²) in [5.41, 5.74) is 1.22. The van der Waals surface area contributed by atoms with Crippen molar-refractivity contribution >= 4 is 5.91 Å². The molecule has 0 radical (unpaired) electrons. The zero-order chi connectivity index (χ0) is 18.0. The summed E-state index contributed by atoms with van der Waals surface area (Å²) in [4.78, 5) is 28.8. The molecule has 4 heterocycles. The molecule has 2 fully saturated rings. The van der Waals surface area contributed by atoms with E-state index in [4.69, 9.17) is 4.74 Å². The van der Waals surface area contributed by atoms with Crippen LogP contribution in [0.5, 0.6) is 0 Å². The lowest BCUT2D eigenvalue weighted by atomic mass is 9.84. The van der Waals surface area contributed by atoms with Gasteiger partial charge in [0.25, 0.3) is 5.91 Å². The molecule has 0 saturated carbocycles. The molecule has 7 nitrogen and oxygen atoms in total. The van der Waals surface area contributed by atoms with Gasteiger partial charge in [-0.2, -0.15) is 0 Å². The van der Waals surface area contributed by atoms with Crippen molar-refractivity contribution in [2.24, 2.45) is 5.92 Å². The van der Waals surface area contributed by atoms with Crippen molar-refractivity contribution in [2.45, 2.75) is 18.6 Å². The van der Waals surface area contributed by atoms with Gasteiger partial charge in [0.05, 0.1) is 18.8 Å². The van der Waals surface area contributed by atoms with Crippen LogP contribution in [0.4, 0.5) is 0 Å². The van der Waals surface area contributed by atoms with Gasteiger partial charge >= 0.3 is 0 Å². The number of nitrogens with zero attached hydrogens (tertiary/aromatic N) is 5. The van der Waals surface area contributed by atoms with E-state index >= 15 is 0 Å². The number of pyridine rings is 1. The zero-order valence-electron chi connectivity index (χ0n) is 14.9. The number of amides is 1. The third-order valence-corrected chi connectivity index (χ3v) is 5.40. The minimum absolute atomic E-state index is 0.0785. The minimum Gasteiger partial charge on any atom is -0.376 e. The van der Waals surface area contributed by atoms with Crippen LogP contribution in [0.3, 0.4) is 0 Å². The Morgan fingerprint density at radius 2 is 1.96 bits per heavy atom. The first kappa shape index (κ1) is 17.1. The SMILES string of the molecule is CN1CC(COCc2ccncc2)CC12CN(C(=O)c1ncccn1)C2. The van der Waals surface area contributed by atoms with Gasteiger partial charge in [0.2, 0.25) is 5.82 Å². The second-order valence-corrected chi connectivity index (χ2v) is 7.28. The molecule has 1 unspecified atom stereocenters. The normalized spacial score (nSPS) is 21.7. The van der Waals surface area contributed by atoms with E-state index < -0.39 is 0 Å². The molecule has 0 bridgehead atoms. The van der Waals surface area contributed by atoms with Gasteiger partial charge in [-0.05, 0) is 43.1 Å². The van der Waals surface area contributed by atoms with Crippen molar-refractivity contribution in [1.29, 1.82) is 0 Å². The summed E-state index contributed by atoms with van der Waals surface area (Å²) < 4.78 is 5.90. The molecular formula is C19H23N5O2. The van der Waals surface area contributed by atoms with Crippen molar-refractivity contribution in [3.05, 3.63) is 54.4 Å².